The van der Waals surface area contributed by atoms with Gasteiger partial charge in [0.25, 0.3) is 5.91 Å². The van der Waals surface area contributed by atoms with Gasteiger partial charge in [0.15, 0.2) is 0 Å². The molecule has 0 saturated carbocycles. The largest absolute Gasteiger partial charge is 0.383 e. The minimum Gasteiger partial charge on any atom is -0.383 e. The number of anilines is 1. The van der Waals surface area contributed by atoms with E-state index in [0.29, 0.717) is 43.9 Å². The number of ether oxygens (including phenoxy) is 1. The van der Waals surface area contributed by atoms with E-state index >= 15 is 0 Å². The average Bonchev–Trinajstić information content (AvgIpc) is 2.90. The van der Waals surface area contributed by atoms with Gasteiger partial charge in [-0.25, -0.2) is 8.42 Å². The summed E-state index contributed by atoms with van der Waals surface area (Å²) in [4.78, 5) is 12.1. The molecule has 1 heterocycles. The molecule has 7 nitrogen and oxygen atoms in total. The maximum absolute atomic E-state index is 12.1. The van der Waals surface area contributed by atoms with Crippen LogP contribution in [0.5, 0.6) is 0 Å². The van der Waals surface area contributed by atoms with Gasteiger partial charge < -0.3 is 15.4 Å². The predicted octanol–water partition coefficient (Wildman–Crippen LogP) is 0.192. The highest BCUT2D eigenvalue weighted by Crippen LogP contribution is 2.24. The van der Waals surface area contributed by atoms with Gasteiger partial charge in [-0.1, -0.05) is 6.07 Å². The molecule has 0 bridgehead atoms. The molecule has 1 aromatic rings. The van der Waals surface area contributed by atoms with Crippen LogP contribution in [-0.2, 0) is 14.8 Å². The Bertz CT molecular complexity index is 633. The van der Waals surface area contributed by atoms with Crippen LogP contribution in [0.15, 0.2) is 24.3 Å². The number of benzene rings is 1. The second-order valence-corrected chi connectivity index (χ2v) is 7.30. The molecule has 1 fully saturated rings. The molecular formula is C15H23N3O4S. The van der Waals surface area contributed by atoms with Gasteiger partial charge in [-0.05, 0) is 24.6 Å². The minimum absolute atomic E-state index is 0.163. The lowest BCUT2D eigenvalue weighted by molar-refractivity contribution is 0.0953. The third-order valence-electron chi connectivity index (χ3n) is 3.57. The molecule has 1 aliphatic rings. The number of carbonyl (C=O) groups excluding carboxylic acids is 1. The van der Waals surface area contributed by atoms with E-state index in [-0.39, 0.29) is 11.7 Å². The van der Waals surface area contributed by atoms with Gasteiger partial charge >= 0.3 is 0 Å². The monoisotopic (exact) mass is 341 g/mol. The molecule has 2 rings (SSSR count). The Balaban J connectivity index is 1.90. The number of hydrogen-bond donors (Lipinski definition) is 2. The van der Waals surface area contributed by atoms with Gasteiger partial charge in [-0.15, -0.1) is 0 Å². The molecule has 0 aliphatic carbocycles. The molecule has 23 heavy (non-hydrogen) atoms. The Kier molecular flexibility index (Phi) is 6.37. The second kappa shape index (κ2) is 8.28. The number of nitrogens with one attached hydrogen (secondary N) is 2. The molecule has 0 spiro atoms. The first-order valence-corrected chi connectivity index (χ1v) is 9.24. The Hall–Kier alpha value is -1.64. The van der Waals surface area contributed by atoms with Gasteiger partial charge in [-0.2, -0.15) is 0 Å². The molecule has 0 unspecified atom stereocenters. The van der Waals surface area contributed by atoms with E-state index in [9.17, 15) is 13.2 Å². The maximum Gasteiger partial charge on any atom is 0.251 e. The molecule has 0 aromatic heterocycles. The molecule has 8 heteroatoms. The highest BCUT2D eigenvalue weighted by atomic mass is 32.2. The van der Waals surface area contributed by atoms with Gasteiger partial charge in [0.05, 0.1) is 18.0 Å². The lowest BCUT2D eigenvalue weighted by Crippen LogP contribution is -2.33. The standard InChI is InChI=1S/C15H23N3O4S/c1-22-10-8-16-6-7-17-15(19)13-4-2-5-14(12-13)18-9-3-11-23(18,20)21/h2,4-5,12,16H,3,6-11H2,1H3,(H,17,19). The Morgan fingerprint density at radius 3 is 2.83 bits per heavy atom. The number of rotatable bonds is 8. The molecular weight excluding hydrogens is 318 g/mol. The van der Waals surface area contributed by atoms with E-state index < -0.39 is 10.0 Å². The summed E-state index contributed by atoms with van der Waals surface area (Å²) in [5.41, 5.74) is 1.01. The van der Waals surface area contributed by atoms with Crippen molar-refractivity contribution in [1.82, 2.24) is 10.6 Å². The highest BCUT2D eigenvalue weighted by Gasteiger charge is 2.28. The zero-order valence-corrected chi connectivity index (χ0v) is 14.1. The van der Waals surface area contributed by atoms with E-state index in [0.717, 1.165) is 6.54 Å². The van der Waals surface area contributed by atoms with Crippen molar-refractivity contribution in [2.75, 3.05) is 50.0 Å². The number of hydrogen-bond acceptors (Lipinski definition) is 5. The molecule has 128 valence electrons. The number of nitrogens with zero attached hydrogens (tertiary/aromatic N) is 1. The molecule has 2 N–H and O–H groups in total. The first kappa shape index (κ1) is 17.7. The van der Waals surface area contributed by atoms with Gasteiger partial charge in [-0.3, -0.25) is 9.10 Å². The fourth-order valence-corrected chi connectivity index (χ4v) is 3.95. The van der Waals surface area contributed by atoms with Crippen LogP contribution in [-0.4, -0.2) is 60.0 Å². The van der Waals surface area contributed by atoms with E-state index in [1.807, 2.05) is 0 Å². The van der Waals surface area contributed by atoms with E-state index in [4.69, 9.17) is 4.74 Å². The van der Waals surface area contributed by atoms with Crippen LogP contribution in [0.4, 0.5) is 5.69 Å². The lowest BCUT2D eigenvalue weighted by atomic mass is 10.2. The van der Waals surface area contributed by atoms with Crippen LogP contribution in [0.1, 0.15) is 16.8 Å². The van der Waals surface area contributed by atoms with Crippen molar-refractivity contribution < 1.29 is 17.9 Å². The van der Waals surface area contributed by atoms with Gasteiger partial charge in [0.2, 0.25) is 10.0 Å². The summed E-state index contributed by atoms with van der Waals surface area (Å²) in [6.07, 6.45) is 0.617. The Labute approximate surface area is 137 Å². The first-order valence-electron chi connectivity index (χ1n) is 7.63. The quantitative estimate of drug-likeness (QED) is 0.659. The van der Waals surface area contributed by atoms with Crippen LogP contribution in [0.25, 0.3) is 0 Å². The van der Waals surface area contributed by atoms with E-state index in [1.165, 1.54) is 4.31 Å². The molecule has 0 atom stereocenters. The Morgan fingerprint density at radius 2 is 2.13 bits per heavy atom. The number of carbonyl (C=O) groups is 1. The number of methoxy groups -OCH3 is 1. The first-order chi connectivity index (χ1) is 11.0. The lowest BCUT2D eigenvalue weighted by Gasteiger charge is -2.17. The van der Waals surface area contributed by atoms with Crippen molar-refractivity contribution in [1.29, 1.82) is 0 Å². The Morgan fingerprint density at radius 1 is 1.30 bits per heavy atom. The SMILES string of the molecule is COCCNCCNC(=O)c1cccc(N2CCCS2(=O)=O)c1. The molecule has 1 aromatic carbocycles. The van der Waals surface area contributed by atoms with Crippen molar-refractivity contribution in [2.45, 2.75) is 6.42 Å². The van der Waals surface area contributed by atoms with Crippen LogP contribution in [0.3, 0.4) is 0 Å². The van der Waals surface area contributed by atoms with Crippen molar-refractivity contribution in [3.05, 3.63) is 29.8 Å². The summed E-state index contributed by atoms with van der Waals surface area (Å²) < 4.78 is 30.2. The fourth-order valence-electron chi connectivity index (χ4n) is 2.40. The number of sulfonamides is 1. The minimum atomic E-state index is -3.23. The zero-order valence-electron chi connectivity index (χ0n) is 13.2. The molecule has 1 aliphatic heterocycles. The summed E-state index contributed by atoms with van der Waals surface area (Å²) in [5.74, 6) is -0.0479. The van der Waals surface area contributed by atoms with Crippen LogP contribution >= 0.6 is 0 Å². The van der Waals surface area contributed by atoms with E-state index in [2.05, 4.69) is 10.6 Å². The molecule has 1 amide bonds. The van der Waals surface area contributed by atoms with E-state index in [1.54, 1.807) is 31.4 Å². The highest BCUT2D eigenvalue weighted by molar-refractivity contribution is 7.93. The summed E-state index contributed by atoms with van der Waals surface area (Å²) >= 11 is 0. The van der Waals surface area contributed by atoms with Crippen molar-refractivity contribution in [3.8, 4) is 0 Å². The van der Waals surface area contributed by atoms with Crippen molar-refractivity contribution in [3.63, 3.8) is 0 Å². The summed E-state index contributed by atoms with van der Waals surface area (Å²) in [7, 11) is -1.60. The zero-order chi connectivity index (χ0) is 16.7. The van der Waals surface area contributed by atoms with Crippen LogP contribution in [0, 0.1) is 0 Å². The van der Waals surface area contributed by atoms with Crippen LogP contribution in [0.2, 0.25) is 0 Å². The average molecular weight is 341 g/mol. The smallest absolute Gasteiger partial charge is 0.251 e. The van der Waals surface area contributed by atoms with Crippen LogP contribution < -0.4 is 14.9 Å². The second-order valence-electron chi connectivity index (χ2n) is 5.29. The van der Waals surface area contributed by atoms with Crippen molar-refractivity contribution >= 4 is 21.6 Å². The third kappa shape index (κ3) is 4.92. The fraction of sp³-hybridized carbons (Fsp3) is 0.533. The van der Waals surface area contributed by atoms with Gasteiger partial charge in [0, 0.05) is 38.9 Å². The summed E-state index contributed by atoms with van der Waals surface area (Å²) in [6, 6.07) is 6.72. The number of amides is 1. The predicted molar refractivity (Wildman–Crippen MR) is 89.3 cm³/mol. The molecule has 1 saturated heterocycles. The summed E-state index contributed by atoms with van der Waals surface area (Å²) in [5, 5.41) is 5.94. The van der Waals surface area contributed by atoms with Gasteiger partial charge in [0.1, 0.15) is 0 Å². The molecule has 0 radical (unpaired) electrons. The maximum atomic E-state index is 12.1. The topological polar surface area (TPSA) is 87.7 Å². The normalized spacial score (nSPS) is 16.5. The third-order valence-corrected chi connectivity index (χ3v) is 5.44. The van der Waals surface area contributed by atoms with Crippen molar-refractivity contribution in [2.24, 2.45) is 0 Å². The summed E-state index contributed by atoms with van der Waals surface area (Å²) in [6.45, 7) is 2.97.